The fourth-order valence-electron chi connectivity index (χ4n) is 4.36. The van der Waals surface area contributed by atoms with Crippen LogP contribution in [0.2, 0.25) is 0 Å². The van der Waals surface area contributed by atoms with Gasteiger partial charge in [-0.1, -0.05) is 39.0 Å². The van der Waals surface area contributed by atoms with Crippen LogP contribution in [-0.4, -0.2) is 115 Å². The molecule has 0 aromatic heterocycles. The number of hydrogen-bond donors (Lipinski definition) is 8. The molecule has 1 fully saturated rings. The maximum atomic E-state index is 12.9. The maximum Gasteiger partial charge on any atom is 0.378 e. The first kappa shape index (κ1) is 32.4. The highest BCUT2D eigenvalue weighted by molar-refractivity contribution is 5.90. The number of carbonyl (C=O) groups is 1. The first-order valence-electron chi connectivity index (χ1n) is 13.0. The normalized spacial score (nSPS) is 31.5. The minimum Gasteiger partial charge on any atom is -0.461 e. The molecule has 2 unspecified atom stereocenters. The Kier molecular flexibility index (Phi) is 13.4. The van der Waals surface area contributed by atoms with Crippen LogP contribution in [0, 0.1) is 0 Å². The van der Waals surface area contributed by atoms with Gasteiger partial charge in [-0.2, -0.15) is 0 Å². The molecule has 0 saturated carbocycles. The summed E-state index contributed by atoms with van der Waals surface area (Å²) in [6.07, 6.45) is -2.36. The van der Waals surface area contributed by atoms with Crippen molar-refractivity contribution >= 4 is 5.97 Å². The lowest BCUT2D eigenvalue weighted by Gasteiger charge is -2.39. The highest BCUT2D eigenvalue weighted by Gasteiger charge is 2.58. The average molecular weight is 551 g/mol. The third-order valence-electron chi connectivity index (χ3n) is 6.60. The summed E-state index contributed by atoms with van der Waals surface area (Å²) in [5.74, 6) is -2.37. The summed E-state index contributed by atoms with van der Waals surface area (Å²) in [5.41, 5.74) is -2.18. The molecular formula is C25H42O13. The molecule has 13 nitrogen and oxygen atoms in total. The third-order valence-corrected chi connectivity index (χ3v) is 6.60. The molecule has 38 heavy (non-hydrogen) atoms. The number of cyclic esters (lactones) is 1. The fraction of sp³-hybridized carbons (Fsp3) is 0.800. The van der Waals surface area contributed by atoms with Crippen molar-refractivity contribution in [3.63, 3.8) is 0 Å². The van der Waals surface area contributed by atoms with Gasteiger partial charge in [-0.05, 0) is 18.9 Å². The molecule has 0 aromatic rings. The van der Waals surface area contributed by atoms with Gasteiger partial charge in [0, 0.05) is 6.42 Å². The molecule has 8 atom stereocenters. The van der Waals surface area contributed by atoms with Gasteiger partial charge in [0.2, 0.25) is 11.9 Å². The Labute approximate surface area is 221 Å². The molecule has 0 spiro atoms. The second-order valence-electron chi connectivity index (χ2n) is 9.54. The van der Waals surface area contributed by atoms with Gasteiger partial charge in [-0.3, -0.25) is 0 Å². The molecule has 0 radical (unpaired) electrons. The van der Waals surface area contributed by atoms with Gasteiger partial charge in [-0.15, -0.1) is 0 Å². The highest BCUT2D eigenvalue weighted by atomic mass is 16.7. The van der Waals surface area contributed by atoms with Crippen LogP contribution in [0.4, 0.5) is 0 Å². The van der Waals surface area contributed by atoms with E-state index in [4.69, 9.17) is 18.9 Å². The second kappa shape index (κ2) is 15.7. The predicted octanol–water partition coefficient (Wildman–Crippen LogP) is -1.31. The quantitative estimate of drug-likeness (QED) is 0.0600. The zero-order chi connectivity index (χ0) is 28.3. The fourth-order valence-corrected chi connectivity index (χ4v) is 4.36. The number of esters is 1. The number of hydrogen-bond acceptors (Lipinski definition) is 13. The summed E-state index contributed by atoms with van der Waals surface area (Å²) >= 11 is 0. The SMILES string of the molecule is CCCCCCCCC=COC1=C(OC2O[C@H](CO)[C@@H](O)[C@H](O)[C@H]2O)C(=O)O[C@]1(CC(O)CO)[C@@H](O)CO. The largest absolute Gasteiger partial charge is 0.461 e. The van der Waals surface area contributed by atoms with Crippen LogP contribution in [0.3, 0.4) is 0 Å². The van der Waals surface area contributed by atoms with E-state index in [2.05, 4.69) is 6.92 Å². The molecule has 1 saturated heterocycles. The van der Waals surface area contributed by atoms with E-state index in [0.29, 0.717) is 6.42 Å². The Morgan fingerprint density at radius 3 is 2.29 bits per heavy atom. The molecule has 220 valence electrons. The van der Waals surface area contributed by atoms with E-state index in [-0.39, 0.29) is 0 Å². The zero-order valence-electron chi connectivity index (χ0n) is 21.6. The lowest BCUT2D eigenvalue weighted by Crippen LogP contribution is -2.59. The minimum atomic E-state index is -2.18. The monoisotopic (exact) mass is 550 g/mol. The van der Waals surface area contributed by atoms with Crippen molar-refractivity contribution in [2.75, 3.05) is 19.8 Å². The summed E-state index contributed by atoms with van der Waals surface area (Å²) in [6.45, 7) is -0.293. The van der Waals surface area contributed by atoms with Gasteiger partial charge in [-0.25, -0.2) is 4.79 Å². The number of carbonyl (C=O) groups excluding carboxylic acids is 1. The van der Waals surface area contributed by atoms with Gasteiger partial charge in [0.05, 0.1) is 32.2 Å². The van der Waals surface area contributed by atoms with Crippen LogP contribution in [-0.2, 0) is 23.7 Å². The van der Waals surface area contributed by atoms with Gasteiger partial charge >= 0.3 is 5.97 Å². The standard InChI is InChI=1S/C25H42O13/c1-2-3-4-5-6-7-8-9-10-35-22-21(37-24-20(33)19(32)18(31)16(13-27)36-24)23(34)38-25(22,17(30)14-28)11-15(29)12-26/h9-10,15-20,24,26-33H,2-8,11-14H2,1H3/t15?,16-,17+,18-,19+,20-,24?,25-/m1/s1. The predicted molar refractivity (Wildman–Crippen MR) is 130 cm³/mol. The van der Waals surface area contributed by atoms with Crippen molar-refractivity contribution in [1.82, 2.24) is 0 Å². The molecule has 0 bridgehead atoms. The van der Waals surface area contributed by atoms with Crippen LogP contribution in [0.15, 0.2) is 23.9 Å². The van der Waals surface area contributed by atoms with Crippen molar-refractivity contribution < 1.29 is 64.6 Å². The Morgan fingerprint density at radius 1 is 0.974 bits per heavy atom. The van der Waals surface area contributed by atoms with E-state index in [9.17, 15) is 45.6 Å². The van der Waals surface area contributed by atoms with Crippen molar-refractivity contribution in [2.24, 2.45) is 0 Å². The molecule has 2 aliphatic heterocycles. The van der Waals surface area contributed by atoms with Crippen LogP contribution < -0.4 is 0 Å². The Morgan fingerprint density at radius 2 is 1.66 bits per heavy atom. The van der Waals surface area contributed by atoms with E-state index in [1.165, 1.54) is 12.7 Å². The molecule has 8 N–H and O–H groups in total. The van der Waals surface area contributed by atoms with E-state index in [1.54, 1.807) is 6.08 Å². The van der Waals surface area contributed by atoms with E-state index in [1.807, 2.05) is 0 Å². The van der Waals surface area contributed by atoms with Gasteiger partial charge in [0.25, 0.3) is 5.76 Å². The van der Waals surface area contributed by atoms with Crippen molar-refractivity contribution in [1.29, 1.82) is 0 Å². The highest BCUT2D eigenvalue weighted by Crippen LogP contribution is 2.42. The van der Waals surface area contributed by atoms with Gasteiger partial charge in [0.15, 0.2) is 5.76 Å². The van der Waals surface area contributed by atoms with Gasteiger partial charge < -0.3 is 59.8 Å². The lowest BCUT2D eigenvalue weighted by atomic mass is 9.88. The van der Waals surface area contributed by atoms with Crippen molar-refractivity contribution in [2.45, 2.75) is 107 Å². The number of unbranched alkanes of at least 4 members (excludes halogenated alkanes) is 6. The first-order chi connectivity index (χ1) is 18.2. The first-order valence-corrected chi connectivity index (χ1v) is 13.0. The van der Waals surface area contributed by atoms with E-state index >= 15 is 0 Å². The Bertz CT molecular complexity index is 785. The number of aliphatic hydroxyl groups excluding tert-OH is 8. The summed E-state index contributed by atoms with van der Waals surface area (Å²) < 4.78 is 21.8. The number of ether oxygens (including phenoxy) is 4. The topological polar surface area (TPSA) is 216 Å². The summed E-state index contributed by atoms with van der Waals surface area (Å²) in [6, 6.07) is 0. The number of allylic oxidation sites excluding steroid dienone is 1. The van der Waals surface area contributed by atoms with Gasteiger partial charge in [0.1, 0.15) is 30.5 Å². The molecule has 2 rings (SSSR count). The number of aliphatic hydroxyl groups is 8. The molecule has 0 amide bonds. The van der Waals surface area contributed by atoms with Crippen LogP contribution in [0.1, 0.15) is 58.3 Å². The average Bonchev–Trinajstić information content (AvgIpc) is 3.17. The Hall–Kier alpha value is -1.81. The minimum absolute atomic E-state index is 0.465. The third kappa shape index (κ3) is 7.87. The number of rotatable bonds is 17. The maximum absolute atomic E-state index is 12.9. The van der Waals surface area contributed by atoms with Crippen LogP contribution in [0.25, 0.3) is 0 Å². The van der Waals surface area contributed by atoms with Crippen molar-refractivity contribution in [3.8, 4) is 0 Å². The summed E-state index contributed by atoms with van der Waals surface area (Å²) in [7, 11) is 0. The smallest absolute Gasteiger partial charge is 0.378 e. The lowest BCUT2D eigenvalue weighted by molar-refractivity contribution is -0.291. The summed E-state index contributed by atoms with van der Waals surface area (Å²) in [4.78, 5) is 12.9. The summed E-state index contributed by atoms with van der Waals surface area (Å²) in [5, 5.41) is 79.6. The molecule has 2 aliphatic rings. The molecule has 0 aliphatic carbocycles. The van der Waals surface area contributed by atoms with Crippen LogP contribution in [0.5, 0.6) is 0 Å². The van der Waals surface area contributed by atoms with Crippen LogP contribution >= 0.6 is 0 Å². The van der Waals surface area contributed by atoms with Crippen molar-refractivity contribution in [3.05, 3.63) is 23.9 Å². The molecule has 13 heteroatoms. The van der Waals surface area contributed by atoms with E-state index in [0.717, 1.165) is 32.1 Å². The zero-order valence-corrected chi connectivity index (χ0v) is 21.6. The molecule has 2 heterocycles. The molecular weight excluding hydrogens is 508 g/mol. The molecule has 0 aromatic carbocycles. The Balaban J connectivity index is 2.33. The second-order valence-corrected chi connectivity index (χ2v) is 9.54. The van der Waals surface area contributed by atoms with E-state index < -0.39 is 92.2 Å².